The van der Waals surface area contributed by atoms with Crippen LogP contribution < -0.4 is 9.47 Å². The molecule has 2 aromatic carbocycles. The maximum atomic E-state index is 13.8. The van der Waals surface area contributed by atoms with E-state index in [-0.39, 0.29) is 17.8 Å². The van der Waals surface area contributed by atoms with Crippen LogP contribution in [-0.2, 0) is 41.9 Å². The fraction of sp³-hybridized carbons (Fsp3) is 0.484. The molecule has 6 rings (SSSR count). The number of ether oxygens (including phenoxy) is 3. The van der Waals surface area contributed by atoms with Crippen molar-refractivity contribution in [2.24, 2.45) is 0 Å². The van der Waals surface area contributed by atoms with Crippen LogP contribution in [0.5, 0.6) is 11.5 Å². The Bertz CT molecular complexity index is 1510. The van der Waals surface area contributed by atoms with Crippen molar-refractivity contribution in [2.75, 3.05) is 20.1 Å². The molecular formula is C31H36N2O7S. The van der Waals surface area contributed by atoms with Crippen LogP contribution in [0, 0.1) is 0 Å². The van der Waals surface area contributed by atoms with E-state index in [2.05, 4.69) is 11.5 Å². The van der Waals surface area contributed by atoms with E-state index < -0.39 is 39.2 Å². The zero-order chi connectivity index (χ0) is 29.2. The Morgan fingerprint density at radius 2 is 1.90 bits per heavy atom. The van der Waals surface area contributed by atoms with Gasteiger partial charge in [-0.1, -0.05) is 42.5 Å². The molecule has 10 heteroatoms. The van der Waals surface area contributed by atoms with Gasteiger partial charge in [-0.15, -0.1) is 6.58 Å². The SMILES string of the molecule is C=CCN1CC[C@]23c4c5ccc(OC(C)=O)c4O[C@H]2[C@@H](N(C)S(=O)(=O)Cc2ccccc2)CC[C@@]3(OC(C)=O)[C@H]1C5. The van der Waals surface area contributed by atoms with Crippen LogP contribution in [0.15, 0.2) is 55.1 Å². The average Bonchev–Trinajstić information content (AvgIpc) is 3.26. The molecule has 9 nitrogen and oxygen atoms in total. The third kappa shape index (κ3) is 4.13. The Hall–Kier alpha value is -3.21. The van der Waals surface area contributed by atoms with Crippen molar-refractivity contribution in [2.45, 2.75) is 74.5 Å². The summed E-state index contributed by atoms with van der Waals surface area (Å²) in [6.45, 7) is 8.06. The van der Waals surface area contributed by atoms with Crippen LogP contribution in [0.1, 0.15) is 49.8 Å². The van der Waals surface area contributed by atoms with E-state index in [9.17, 15) is 18.0 Å². The van der Waals surface area contributed by atoms with Crippen molar-refractivity contribution in [1.82, 2.24) is 9.21 Å². The van der Waals surface area contributed by atoms with Gasteiger partial charge in [0, 0.05) is 39.5 Å². The van der Waals surface area contributed by atoms with Gasteiger partial charge in [-0.05, 0) is 42.9 Å². The van der Waals surface area contributed by atoms with Crippen LogP contribution in [0.25, 0.3) is 0 Å². The average molecular weight is 581 g/mol. The van der Waals surface area contributed by atoms with Gasteiger partial charge in [0.2, 0.25) is 10.0 Å². The number of hydrogen-bond donors (Lipinski definition) is 0. The molecule has 0 aromatic heterocycles. The second kappa shape index (κ2) is 9.96. The fourth-order valence-corrected chi connectivity index (χ4v) is 9.56. The van der Waals surface area contributed by atoms with Crippen molar-refractivity contribution in [3.8, 4) is 11.5 Å². The predicted molar refractivity (Wildman–Crippen MR) is 152 cm³/mol. The molecule has 1 spiro atoms. The van der Waals surface area contributed by atoms with Gasteiger partial charge in [0.05, 0.1) is 23.3 Å². The highest BCUT2D eigenvalue weighted by molar-refractivity contribution is 7.88. The maximum Gasteiger partial charge on any atom is 0.308 e. The lowest BCUT2D eigenvalue weighted by molar-refractivity contribution is -0.220. The number of esters is 2. The van der Waals surface area contributed by atoms with Gasteiger partial charge in [0.15, 0.2) is 11.5 Å². The quantitative estimate of drug-likeness (QED) is 0.266. The standard InChI is InChI=1S/C31H36N2O7S/c1-5-16-33-17-15-30-27-23-11-12-25(38-20(2)34)28(27)39-29(30)24(13-14-31(30,26(33)18-23)40-21(3)35)32(4)41(36,37)19-22-9-7-6-8-10-22/h5-12,24,26,29H,1,13-19H2,2-4H3/t24-,26+,29-,30-,31+/m0/s1. The normalized spacial score (nSPS) is 29.8. The zero-order valence-corrected chi connectivity index (χ0v) is 24.5. The molecule has 2 aliphatic carbocycles. The second-order valence-corrected chi connectivity index (χ2v) is 13.7. The lowest BCUT2D eigenvalue weighted by Crippen LogP contribution is -2.79. The number of likely N-dealkylation sites (N-methyl/N-ethyl adjacent to an activating group) is 1. The first-order valence-corrected chi connectivity index (χ1v) is 15.7. The molecule has 4 aliphatic rings. The van der Waals surface area contributed by atoms with E-state index in [0.29, 0.717) is 55.8 Å². The second-order valence-electron chi connectivity index (χ2n) is 11.6. The number of likely N-dealkylation sites (tertiary alicyclic amines) is 1. The van der Waals surface area contributed by atoms with Crippen LogP contribution in [0.2, 0.25) is 0 Å². The molecule has 41 heavy (non-hydrogen) atoms. The molecule has 2 aliphatic heterocycles. The van der Waals surface area contributed by atoms with E-state index in [0.717, 1.165) is 11.1 Å². The summed E-state index contributed by atoms with van der Waals surface area (Å²) in [5.74, 6) is -0.238. The molecule has 0 amide bonds. The molecule has 5 atom stereocenters. The monoisotopic (exact) mass is 580 g/mol. The molecule has 2 aromatic rings. The summed E-state index contributed by atoms with van der Waals surface area (Å²) in [5, 5.41) is 0. The highest BCUT2D eigenvalue weighted by atomic mass is 32.2. The van der Waals surface area contributed by atoms with Gasteiger partial charge in [-0.25, -0.2) is 8.42 Å². The summed E-state index contributed by atoms with van der Waals surface area (Å²) < 4.78 is 47.9. The lowest BCUT2D eigenvalue weighted by atomic mass is 9.48. The number of nitrogens with zero attached hydrogens (tertiary/aromatic N) is 2. The predicted octanol–water partition coefficient (Wildman–Crippen LogP) is 3.35. The van der Waals surface area contributed by atoms with E-state index in [1.165, 1.54) is 18.2 Å². The summed E-state index contributed by atoms with van der Waals surface area (Å²) in [5.41, 5.74) is 0.858. The number of carbonyl (C=O) groups excluding carboxylic acids is 2. The van der Waals surface area contributed by atoms with Gasteiger partial charge in [0.25, 0.3) is 0 Å². The summed E-state index contributed by atoms with van der Waals surface area (Å²) in [4.78, 5) is 27.2. The Morgan fingerprint density at radius 3 is 2.59 bits per heavy atom. The minimum Gasteiger partial charge on any atom is -0.483 e. The third-order valence-corrected chi connectivity index (χ3v) is 11.4. The fourth-order valence-electron chi connectivity index (χ4n) is 8.11. The molecular weight excluding hydrogens is 544 g/mol. The molecule has 2 bridgehead atoms. The number of rotatable bonds is 8. The molecule has 0 N–H and O–H groups in total. The number of piperidine rings is 1. The molecule has 218 valence electrons. The molecule has 0 unspecified atom stereocenters. The third-order valence-electron chi connectivity index (χ3n) is 9.53. The summed E-state index contributed by atoms with van der Waals surface area (Å²) in [7, 11) is -2.12. The summed E-state index contributed by atoms with van der Waals surface area (Å²) in [6, 6.07) is 12.2. The van der Waals surface area contributed by atoms with Crippen molar-refractivity contribution in [3.05, 3.63) is 71.8 Å². The Kier molecular flexibility index (Phi) is 6.79. The van der Waals surface area contributed by atoms with E-state index in [1.807, 2.05) is 30.3 Å². The molecule has 2 heterocycles. The molecule has 0 radical (unpaired) electrons. The van der Waals surface area contributed by atoms with Crippen molar-refractivity contribution >= 4 is 22.0 Å². The van der Waals surface area contributed by atoms with Crippen LogP contribution >= 0.6 is 0 Å². The number of benzene rings is 2. The Labute approximate surface area is 241 Å². The largest absolute Gasteiger partial charge is 0.483 e. The minimum absolute atomic E-state index is 0.137. The highest BCUT2D eigenvalue weighted by Gasteiger charge is 2.75. The van der Waals surface area contributed by atoms with Gasteiger partial charge in [-0.2, -0.15) is 4.31 Å². The Balaban J connectivity index is 1.51. The van der Waals surface area contributed by atoms with Crippen LogP contribution in [0.4, 0.5) is 0 Å². The highest BCUT2D eigenvalue weighted by Crippen LogP contribution is 2.67. The van der Waals surface area contributed by atoms with Gasteiger partial charge in [0.1, 0.15) is 11.7 Å². The smallest absolute Gasteiger partial charge is 0.308 e. The summed E-state index contributed by atoms with van der Waals surface area (Å²) >= 11 is 0. The van der Waals surface area contributed by atoms with Crippen molar-refractivity contribution < 1.29 is 32.2 Å². The maximum absolute atomic E-state index is 13.8. The number of hydrogen-bond acceptors (Lipinski definition) is 8. The number of carbonyl (C=O) groups is 2. The van der Waals surface area contributed by atoms with Gasteiger partial charge < -0.3 is 14.2 Å². The van der Waals surface area contributed by atoms with Crippen molar-refractivity contribution in [3.63, 3.8) is 0 Å². The first-order chi connectivity index (χ1) is 19.5. The minimum atomic E-state index is -3.73. The molecule has 1 saturated carbocycles. The zero-order valence-electron chi connectivity index (χ0n) is 23.7. The van der Waals surface area contributed by atoms with Gasteiger partial charge in [-0.3, -0.25) is 14.5 Å². The number of sulfonamides is 1. The first-order valence-electron chi connectivity index (χ1n) is 14.1. The van der Waals surface area contributed by atoms with Crippen molar-refractivity contribution in [1.29, 1.82) is 0 Å². The first kappa shape index (κ1) is 27.9. The lowest BCUT2D eigenvalue weighted by Gasteiger charge is -2.65. The van der Waals surface area contributed by atoms with Gasteiger partial charge >= 0.3 is 11.9 Å². The van der Waals surface area contributed by atoms with E-state index >= 15 is 0 Å². The van der Waals surface area contributed by atoms with Crippen LogP contribution in [-0.4, -0.2) is 73.5 Å². The van der Waals surface area contributed by atoms with Crippen LogP contribution in [0.3, 0.4) is 0 Å². The molecule has 1 saturated heterocycles. The van der Waals surface area contributed by atoms with E-state index in [4.69, 9.17) is 14.2 Å². The Morgan fingerprint density at radius 1 is 1.15 bits per heavy atom. The van der Waals surface area contributed by atoms with E-state index in [1.54, 1.807) is 25.2 Å². The molecule has 2 fully saturated rings. The topological polar surface area (TPSA) is 102 Å². The summed E-state index contributed by atoms with van der Waals surface area (Å²) in [6.07, 6.45) is 3.33.